The molecule has 204 valence electrons. The minimum atomic E-state index is -0.522. The van der Waals surface area contributed by atoms with Crippen LogP contribution in [0.2, 0.25) is 0 Å². The second kappa shape index (κ2) is 10.3. The molecular weight excluding hydrogens is 531 g/mol. The van der Waals surface area contributed by atoms with Crippen LogP contribution in [0.3, 0.4) is 0 Å². The zero-order valence-electron chi connectivity index (χ0n) is 22.1. The maximum Gasteiger partial charge on any atom is 0.228 e. The number of halogens is 1. The molecule has 0 aliphatic heterocycles. The predicted octanol–water partition coefficient (Wildman–Crippen LogP) is 6.86. The van der Waals surface area contributed by atoms with Crippen molar-refractivity contribution in [2.75, 3.05) is 5.32 Å². The topological polar surface area (TPSA) is 120 Å². The maximum atomic E-state index is 14.0. The summed E-state index contributed by atoms with van der Waals surface area (Å²) in [5, 5.41) is 22.2. The Morgan fingerprint density at radius 3 is 2.62 bits per heavy atom. The Morgan fingerprint density at radius 2 is 1.76 bits per heavy atom. The van der Waals surface area contributed by atoms with E-state index in [1.165, 1.54) is 12.1 Å². The molecule has 7 aromatic rings. The molecule has 7 rings (SSSR count). The van der Waals surface area contributed by atoms with Crippen LogP contribution in [-0.2, 0) is 11.2 Å². The van der Waals surface area contributed by atoms with Gasteiger partial charge < -0.3 is 15.4 Å². The average Bonchev–Trinajstić information content (AvgIpc) is 3.61. The number of carbonyl (C=O) groups is 1. The van der Waals surface area contributed by atoms with Crippen molar-refractivity contribution in [3.63, 3.8) is 0 Å². The largest absolute Gasteiger partial charge is 0.508 e. The zero-order valence-corrected chi connectivity index (χ0v) is 22.1. The van der Waals surface area contributed by atoms with Gasteiger partial charge in [-0.25, -0.2) is 9.37 Å². The third-order valence-corrected chi connectivity index (χ3v) is 7.11. The summed E-state index contributed by atoms with van der Waals surface area (Å²) in [6.45, 7) is 0. The van der Waals surface area contributed by atoms with Crippen molar-refractivity contribution in [3.8, 4) is 39.4 Å². The Labute approximate surface area is 238 Å². The van der Waals surface area contributed by atoms with Gasteiger partial charge in [0.15, 0.2) is 0 Å². The second-order valence-electron chi connectivity index (χ2n) is 10.0. The van der Waals surface area contributed by atoms with Crippen molar-refractivity contribution in [2.45, 2.75) is 6.42 Å². The first-order chi connectivity index (χ1) is 20.5. The molecule has 0 spiro atoms. The minimum Gasteiger partial charge on any atom is -0.508 e. The Hall–Kier alpha value is -5.83. The van der Waals surface area contributed by atoms with Crippen LogP contribution in [-0.4, -0.2) is 36.2 Å². The van der Waals surface area contributed by atoms with E-state index in [-0.39, 0.29) is 18.1 Å². The fourth-order valence-corrected chi connectivity index (χ4v) is 5.19. The first kappa shape index (κ1) is 25.2. The molecule has 0 radical (unpaired) electrons. The fourth-order valence-electron chi connectivity index (χ4n) is 5.19. The number of benzene rings is 3. The summed E-state index contributed by atoms with van der Waals surface area (Å²) in [6.07, 6.45) is 5.29. The molecule has 0 saturated carbocycles. The normalized spacial score (nSPS) is 11.3. The van der Waals surface area contributed by atoms with E-state index < -0.39 is 5.82 Å². The van der Waals surface area contributed by atoms with Crippen LogP contribution in [0.15, 0.2) is 104 Å². The lowest BCUT2D eigenvalue weighted by Crippen LogP contribution is -2.14. The van der Waals surface area contributed by atoms with Crippen LogP contribution in [0.4, 0.5) is 10.1 Å². The number of carbonyl (C=O) groups excluding carboxylic acids is 1. The van der Waals surface area contributed by atoms with Crippen molar-refractivity contribution in [1.29, 1.82) is 0 Å². The monoisotopic (exact) mass is 554 g/mol. The molecule has 0 unspecified atom stereocenters. The highest BCUT2D eigenvalue weighted by Crippen LogP contribution is 2.35. The van der Waals surface area contributed by atoms with Crippen LogP contribution >= 0.6 is 0 Å². The fraction of sp³-hybridized carbons (Fsp3) is 0.0303. The summed E-state index contributed by atoms with van der Waals surface area (Å²) in [4.78, 5) is 24.7. The summed E-state index contributed by atoms with van der Waals surface area (Å²) >= 11 is 0. The van der Waals surface area contributed by atoms with Gasteiger partial charge in [0.25, 0.3) is 0 Å². The van der Waals surface area contributed by atoms with Gasteiger partial charge in [-0.3, -0.25) is 14.9 Å². The van der Waals surface area contributed by atoms with Crippen molar-refractivity contribution in [1.82, 2.24) is 25.1 Å². The van der Waals surface area contributed by atoms with Crippen LogP contribution in [0.5, 0.6) is 5.75 Å². The molecule has 4 N–H and O–H groups in total. The molecular formula is C33H23FN6O2. The molecule has 0 aliphatic rings. The number of nitrogens with zero attached hydrogens (tertiary/aromatic N) is 3. The van der Waals surface area contributed by atoms with Crippen LogP contribution in [0, 0.1) is 5.82 Å². The number of phenols is 1. The van der Waals surface area contributed by atoms with Crippen molar-refractivity contribution in [3.05, 3.63) is 115 Å². The minimum absolute atomic E-state index is 0.118. The first-order valence-electron chi connectivity index (χ1n) is 13.3. The number of aromatic amines is 2. The van der Waals surface area contributed by atoms with Crippen molar-refractivity contribution < 1.29 is 14.3 Å². The van der Waals surface area contributed by atoms with Crippen LogP contribution in [0.1, 0.15) is 5.56 Å². The molecule has 0 bridgehead atoms. The number of H-pyrrole nitrogens is 2. The summed E-state index contributed by atoms with van der Waals surface area (Å²) in [6, 6.07) is 25.1. The molecule has 0 fully saturated rings. The van der Waals surface area contributed by atoms with Gasteiger partial charge in [0.05, 0.1) is 29.5 Å². The number of aromatic nitrogens is 5. The molecule has 0 saturated heterocycles. The molecule has 3 aromatic carbocycles. The number of nitrogens with one attached hydrogen (secondary N) is 3. The number of anilines is 1. The van der Waals surface area contributed by atoms with E-state index in [4.69, 9.17) is 0 Å². The number of phenolic OH excluding ortho intramolecular Hbond substituents is 1. The molecule has 0 atom stereocenters. The van der Waals surface area contributed by atoms with E-state index in [9.17, 15) is 14.3 Å². The van der Waals surface area contributed by atoms with Gasteiger partial charge in [-0.2, -0.15) is 5.10 Å². The van der Waals surface area contributed by atoms with Crippen LogP contribution in [0.25, 0.3) is 55.6 Å². The lowest BCUT2D eigenvalue weighted by molar-refractivity contribution is -0.115. The van der Waals surface area contributed by atoms with E-state index in [0.717, 1.165) is 50.3 Å². The number of hydrogen-bond donors (Lipinski definition) is 4. The van der Waals surface area contributed by atoms with Gasteiger partial charge in [-0.1, -0.05) is 36.4 Å². The standard InChI is InChI=1S/C33H23FN6O2/c34-23-11-21(13-25(41)15-23)26-8-9-36-33-27(26)16-30(38-33)32-28-14-20(6-7-29(28)39-40-32)22-12-24(18-35-17-22)37-31(42)10-19-4-2-1-3-5-19/h1-9,11-18,41H,10H2,(H,36,38)(H,37,42)(H,39,40). The molecule has 1 amide bonds. The van der Waals surface area contributed by atoms with E-state index in [0.29, 0.717) is 22.6 Å². The summed E-state index contributed by atoms with van der Waals surface area (Å²) in [5.74, 6) is -0.787. The summed E-state index contributed by atoms with van der Waals surface area (Å²) in [7, 11) is 0. The number of aromatic hydroxyl groups is 1. The van der Waals surface area contributed by atoms with E-state index in [2.05, 4.69) is 30.5 Å². The smallest absolute Gasteiger partial charge is 0.228 e. The van der Waals surface area contributed by atoms with Gasteiger partial charge in [0, 0.05) is 34.8 Å². The molecule has 4 heterocycles. The third-order valence-electron chi connectivity index (χ3n) is 7.11. The number of pyridine rings is 2. The Bertz CT molecular complexity index is 2080. The molecule has 0 aliphatic carbocycles. The van der Waals surface area contributed by atoms with Gasteiger partial charge >= 0.3 is 0 Å². The van der Waals surface area contributed by atoms with Gasteiger partial charge in [0.1, 0.15) is 22.9 Å². The van der Waals surface area contributed by atoms with Gasteiger partial charge in [-0.15, -0.1) is 0 Å². The zero-order chi connectivity index (χ0) is 28.6. The Morgan fingerprint density at radius 1 is 0.881 bits per heavy atom. The summed E-state index contributed by atoms with van der Waals surface area (Å²) < 4.78 is 14.0. The van der Waals surface area contributed by atoms with E-state index in [1.807, 2.05) is 60.7 Å². The van der Waals surface area contributed by atoms with E-state index in [1.54, 1.807) is 24.7 Å². The molecule has 42 heavy (non-hydrogen) atoms. The van der Waals surface area contributed by atoms with E-state index >= 15 is 0 Å². The number of fused-ring (bicyclic) bond motifs is 2. The molecule has 8 nitrogen and oxygen atoms in total. The maximum absolute atomic E-state index is 14.0. The van der Waals surface area contributed by atoms with Gasteiger partial charge in [0.2, 0.25) is 5.91 Å². The SMILES string of the molecule is O=C(Cc1ccccc1)Nc1cncc(-c2ccc3[nH]nc(-c4cc5c(-c6cc(O)cc(F)c6)ccnc5[nH]4)c3c2)c1. The quantitative estimate of drug-likeness (QED) is 0.179. The molecule has 4 aromatic heterocycles. The number of rotatable bonds is 6. The first-order valence-corrected chi connectivity index (χ1v) is 13.3. The van der Waals surface area contributed by atoms with Crippen LogP contribution < -0.4 is 5.32 Å². The molecule has 9 heteroatoms. The highest BCUT2D eigenvalue weighted by atomic mass is 19.1. The highest BCUT2D eigenvalue weighted by Gasteiger charge is 2.16. The Balaban J connectivity index is 1.22. The van der Waals surface area contributed by atoms with Crippen molar-refractivity contribution in [2.24, 2.45) is 0 Å². The van der Waals surface area contributed by atoms with Gasteiger partial charge in [-0.05, 0) is 64.7 Å². The van der Waals surface area contributed by atoms with Crippen molar-refractivity contribution >= 4 is 33.5 Å². The number of hydrogen-bond acceptors (Lipinski definition) is 5. The highest BCUT2D eigenvalue weighted by molar-refractivity contribution is 6.01. The average molecular weight is 555 g/mol. The third kappa shape index (κ3) is 4.84. The Kier molecular flexibility index (Phi) is 6.16. The lowest BCUT2D eigenvalue weighted by Gasteiger charge is -2.08. The second-order valence-corrected chi connectivity index (χ2v) is 10.0. The predicted molar refractivity (Wildman–Crippen MR) is 160 cm³/mol. The lowest BCUT2D eigenvalue weighted by atomic mass is 10.0. The summed E-state index contributed by atoms with van der Waals surface area (Å²) in [5.41, 5.74) is 7.45. The number of amides is 1.